The average Bonchev–Trinajstić information content (AvgIpc) is 3.31. The summed E-state index contributed by atoms with van der Waals surface area (Å²) in [6.45, 7) is 2.57. The number of aliphatic imine (C=N–C) groups is 1. The minimum absolute atomic E-state index is 0.349. The first-order valence-electron chi connectivity index (χ1n) is 12.2. The van der Waals surface area contributed by atoms with Gasteiger partial charge in [0.2, 0.25) is 11.8 Å². The molecule has 188 valence electrons. The molecule has 0 radical (unpaired) electrons. The highest BCUT2D eigenvalue weighted by atomic mass is 16.5. The predicted octanol–water partition coefficient (Wildman–Crippen LogP) is 4.22. The number of carbonyl (C=O) groups excluding carboxylic acids is 3. The highest BCUT2D eigenvalue weighted by Gasteiger charge is 2.45. The monoisotopic (exact) mass is 488 g/mol. The summed E-state index contributed by atoms with van der Waals surface area (Å²) < 4.78 is 5.25. The summed E-state index contributed by atoms with van der Waals surface area (Å²) in [4.78, 5) is 48.5. The van der Waals surface area contributed by atoms with Gasteiger partial charge < -0.3 is 9.72 Å². The van der Waals surface area contributed by atoms with E-state index in [4.69, 9.17) is 9.73 Å². The number of fused-ring (bicyclic) bond motifs is 1. The molecule has 1 aromatic heterocycles. The van der Waals surface area contributed by atoms with Crippen LogP contribution >= 0.6 is 0 Å². The van der Waals surface area contributed by atoms with Crippen molar-refractivity contribution in [1.29, 1.82) is 0 Å². The van der Waals surface area contributed by atoms with Crippen LogP contribution in [-0.2, 0) is 22.4 Å². The zero-order chi connectivity index (χ0) is 25.8. The number of amides is 4. The van der Waals surface area contributed by atoms with Gasteiger partial charge in [0.1, 0.15) is 5.75 Å². The van der Waals surface area contributed by atoms with E-state index in [2.05, 4.69) is 30.1 Å². The number of urea groups is 1. The average molecular weight is 489 g/mol. The molecule has 3 aromatic rings. The van der Waals surface area contributed by atoms with Gasteiger partial charge in [0.05, 0.1) is 12.8 Å². The molecule has 1 fully saturated rings. The van der Waals surface area contributed by atoms with Crippen LogP contribution in [0.15, 0.2) is 53.7 Å². The fourth-order valence-electron chi connectivity index (χ4n) is 4.52. The van der Waals surface area contributed by atoms with Gasteiger partial charge in [0, 0.05) is 37.7 Å². The maximum Gasteiger partial charge on any atom is 0.332 e. The molecule has 1 N–H and O–H groups in total. The van der Waals surface area contributed by atoms with Gasteiger partial charge >= 0.3 is 6.03 Å². The minimum Gasteiger partial charge on any atom is -0.497 e. The van der Waals surface area contributed by atoms with Crippen molar-refractivity contribution in [3.05, 3.63) is 65.4 Å². The van der Waals surface area contributed by atoms with Crippen molar-refractivity contribution in [2.45, 2.75) is 32.6 Å². The SMILES string of the molecule is CCCCc1ccc2[nH]cc(CCN=C(c3ccc(OC)cc3)C3C(=O)N(C)C(=O)N(C)C3=O)c2c1. The van der Waals surface area contributed by atoms with Crippen molar-refractivity contribution in [2.24, 2.45) is 10.9 Å². The van der Waals surface area contributed by atoms with Crippen molar-refractivity contribution < 1.29 is 19.1 Å². The zero-order valence-corrected chi connectivity index (χ0v) is 21.2. The number of aromatic amines is 1. The molecule has 0 aliphatic carbocycles. The van der Waals surface area contributed by atoms with Gasteiger partial charge in [-0.25, -0.2) is 4.79 Å². The van der Waals surface area contributed by atoms with E-state index in [1.165, 1.54) is 25.0 Å². The number of methoxy groups -OCH3 is 1. The van der Waals surface area contributed by atoms with E-state index in [0.717, 1.165) is 40.1 Å². The predicted molar refractivity (Wildman–Crippen MR) is 139 cm³/mol. The number of nitrogens with one attached hydrogen (secondary N) is 1. The molecule has 2 heterocycles. The lowest BCUT2D eigenvalue weighted by Gasteiger charge is -2.33. The number of imide groups is 2. The molecule has 8 heteroatoms. The molecule has 4 rings (SSSR count). The largest absolute Gasteiger partial charge is 0.497 e. The Balaban J connectivity index is 1.65. The van der Waals surface area contributed by atoms with E-state index < -0.39 is 23.8 Å². The third-order valence-electron chi connectivity index (χ3n) is 6.70. The number of H-pyrrole nitrogens is 1. The fourth-order valence-corrected chi connectivity index (χ4v) is 4.52. The highest BCUT2D eigenvalue weighted by Crippen LogP contribution is 2.24. The number of rotatable bonds is 9. The Labute approximate surface area is 210 Å². The number of ether oxygens (including phenoxy) is 1. The lowest BCUT2D eigenvalue weighted by molar-refractivity contribution is -0.144. The Hall–Kier alpha value is -3.94. The van der Waals surface area contributed by atoms with Gasteiger partial charge in [-0.2, -0.15) is 0 Å². The van der Waals surface area contributed by atoms with Crippen molar-refractivity contribution in [3.8, 4) is 5.75 Å². The molecule has 0 spiro atoms. The minimum atomic E-state index is -1.19. The van der Waals surface area contributed by atoms with Crippen LogP contribution in [0.4, 0.5) is 4.79 Å². The Bertz CT molecular complexity index is 1280. The van der Waals surface area contributed by atoms with E-state index in [-0.39, 0.29) is 0 Å². The van der Waals surface area contributed by atoms with Crippen molar-refractivity contribution in [3.63, 3.8) is 0 Å². The van der Waals surface area contributed by atoms with E-state index in [0.29, 0.717) is 30.0 Å². The summed E-state index contributed by atoms with van der Waals surface area (Å²) in [6.07, 6.45) is 5.97. The van der Waals surface area contributed by atoms with Crippen LogP contribution in [0.25, 0.3) is 10.9 Å². The number of hydrogen-bond donors (Lipinski definition) is 1. The van der Waals surface area contributed by atoms with Crippen molar-refractivity contribution in [2.75, 3.05) is 27.7 Å². The first-order valence-corrected chi connectivity index (χ1v) is 12.2. The van der Waals surface area contributed by atoms with Gasteiger partial charge in [-0.05, 0) is 72.4 Å². The molecule has 8 nitrogen and oxygen atoms in total. The molecular weight excluding hydrogens is 456 g/mol. The van der Waals surface area contributed by atoms with Gasteiger partial charge in [0.25, 0.3) is 0 Å². The summed E-state index contributed by atoms with van der Waals surface area (Å²) in [7, 11) is 4.34. The first-order chi connectivity index (χ1) is 17.3. The Morgan fingerprint density at radius 3 is 2.33 bits per heavy atom. The summed E-state index contributed by atoms with van der Waals surface area (Å²) in [5.41, 5.74) is 4.50. The van der Waals surface area contributed by atoms with Crippen molar-refractivity contribution >= 4 is 34.5 Å². The van der Waals surface area contributed by atoms with Crippen LogP contribution in [0.1, 0.15) is 36.5 Å². The van der Waals surface area contributed by atoms with Gasteiger partial charge in [-0.3, -0.25) is 24.4 Å². The first kappa shape index (κ1) is 25.2. The number of carbonyl (C=O) groups is 3. The lowest BCUT2D eigenvalue weighted by Crippen LogP contribution is -2.59. The number of unbranched alkanes of at least 4 members (excludes halogenated alkanes) is 1. The summed E-state index contributed by atoms with van der Waals surface area (Å²) in [6, 6.07) is 12.9. The Kier molecular flexibility index (Phi) is 7.52. The van der Waals surface area contributed by atoms with Crippen LogP contribution in [0.2, 0.25) is 0 Å². The third kappa shape index (κ3) is 4.89. The van der Waals surface area contributed by atoms with Crippen LogP contribution < -0.4 is 4.74 Å². The van der Waals surface area contributed by atoms with E-state index in [1.807, 2.05) is 6.20 Å². The molecule has 36 heavy (non-hydrogen) atoms. The standard InChI is InChI=1S/C28H32N4O4/c1-5-6-7-18-8-13-23-22(16-18)20(17-30-23)14-15-29-25(19-9-11-21(36-4)12-10-19)24-26(33)31(2)28(35)32(3)27(24)34/h8-13,16-17,24,30H,5-7,14-15H2,1-4H3. The molecule has 0 atom stereocenters. The number of aryl methyl sites for hydroxylation is 1. The third-order valence-corrected chi connectivity index (χ3v) is 6.70. The Morgan fingerprint density at radius 2 is 1.69 bits per heavy atom. The van der Waals surface area contributed by atoms with Crippen LogP contribution in [-0.4, -0.2) is 66.1 Å². The molecule has 0 saturated carbocycles. The molecule has 1 aliphatic rings. The second kappa shape index (κ2) is 10.8. The number of aromatic nitrogens is 1. The zero-order valence-electron chi connectivity index (χ0n) is 21.2. The molecule has 0 unspecified atom stereocenters. The molecular formula is C28H32N4O4. The number of hydrogen-bond acceptors (Lipinski definition) is 5. The van der Waals surface area contributed by atoms with Crippen LogP contribution in [0.5, 0.6) is 5.75 Å². The van der Waals surface area contributed by atoms with Crippen LogP contribution in [0.3, 0.4) is 0 Å². The molecule has 1 aliphatic heterocycles. The Morgan fingerprint density at radius 1 is 1.00 bits per heavy atom. The molecule has 1 saturated heterocycles. The fraction of sp³-hybridized carbons (Fsp3) is 0.357. The second-order valence-electron chi connectivity index (χ2n) is 9.05. The summed E-state index contributed by atoms with van der Waals surface area (Å²) in [5.74, 6) is -1.69. The van der Waals surface area contributed by atoms with E-state index >= 15 is 0 Å². The number of benzene rings is 2. The van der Waals surface area contributed by atoms with Gasteiger partial charge in [0.15, 0.2) is 5.92 Å². The molecule has 0 bridgehead atoms. The maximum atomic E-state index is 13.1. The molecule has 2 aromatic carbocycles. The van der Waals surface area contributed by atoms with E-state index in [1.54, 1.807) is 31.4 Å². The smallest absolute Gasteiger partial charge is 0.332 e. The van der Waals surface area contributed by atoms with E-state index in [9.17, 15) is 14.4 Å². The lowest BCUT2D eigenvalue weighted by atomic mass is 9.92. The van der Waals surface area contributed by atoms with Gasteiger partial charge in [-0.1, -0.05) is 19.4 Å². The maximum absolute atomic E-state index is 13.1. The van der Waals surface area contributed by atoms with Gasteiger partial charge in [-0.15, -0.1) is 0 Å². The number of nitrogens with zero attached hydrogens (tertiary/aromatic N) is 3. The number of barbiturate groups is 1. The quantitative estimate of drug-likeness (QED) is 0.360. The highest BCUT2D eigenvalue weighted by molar-refractivity contribution is 6.30. The second-order valence-corrected chi connectivity index (χ2v) is 9.05. The molecule has 4 amide bonds. The van der Waals surface area contributed by atoms with Crippen molar-refractivity contribution in [1.82, 2.24) is 14.8 Å². The normalized spacial score (nSPS) is 15.3. The van der Waals surface area contributed by atoms with Crippen LogP contribution in [0, 0.1) is 5.92 Å². The summed E-state index contributed by atoms with van der Waals surface area (Å²) >= 11 is 0. The topological polar surface area (TPSA) is 95.1 Å². The summed E-state index contributed by atoms with van der Waals surface area (Å²) in [5, 5.41) is 1.17.